The lowest BCUT2D eigenvalue weighted by atomic mass is 9.88. The van der Waals surface area contributed by atoms with Gasteiger partial charge < -0.3 is 11.1 Å². The molecule has 0 aromatic rings. The highest BCUT2D eigenvalue weighted by atomic mass is 32.2. The number of nitrogens with one attached hydrogen (secondary N) is 1. The van der Waals surface area contributed by atoms with Crippen LogP contribution in [0, 0.1) is 5.92 Å². The highest BCUT2D eigenvalue weighted by Gasteiger charge is 2.29. The first-order valence-corrected chi connectivity index (χ1v) is 7.20. The highest BCUT2D eigenvalue weighted by Crippen LogP contribution is 2.14. The molecule has 0 spiro atoms. The average Bonchev–Trinajstić information content (AvgIpc) is 2.16. The molecule has 16 heavy (non-hydrogen) atoms. The van der Waals surface area contributed by atoms with Crippen LogP contribution in [0.1, 0.15) is 27.7 Å². The molecule has 0 radical (unpaired) electrons. The molecule has 0 aromatic carbocycles. The maximum atomic E-state index is 11.6. The summed E-state index contributed by atoms with van der Waals surface area (Å²) in [5.41, 5.74) is 5.03. The van der Waals surface area contributed by atoms with Gasteiger partial charge in [-0.25, -0.2) is 8.42 Å². The summed E-state index contributed by atoms with van der Waals surface area (Å²) in [6, 6.07) is 0. The number of rotatable bonds is 6. The lowest BCUT2D eigenvalue weighted by molar-refractivity contribution is -0.120. The van der Waals surface area contributed by atoms with Crippen molar-refractivity contribution in [1.82, 2.24) is 5.32 Å². The molecule has 1 atom stereocenters. The van der Waals surface area contributed by atoms with Crippen molar-refractivity contribution in [3.63, 3.8) is 0 Å². The fourth-order valence-corrected chi connectivity index (χ4v) is 1.76. The van der Waals surface area contributed by atoms with Gasteiger partial charge in [-0.05, 0) is 12.8 Å². The summed E-state index contributed by atoms with van der Waals surface area (Å²) in [5.74, 6) is -0.831. The topological polar surface area (TPSA) is 89.3 Å². The number of amides is 1. The first-order chi connectivity index (χ1) is 7.17. The van der Waals surface area contributed by atoms with Gasteiger partial charge in [0.15, 0.2) is 9.84 Å². The van der Waals surface area contributed by atoms with Gasteiger partial charge in [0.2, 0.25) is 5.91 Å². The average molecular weight is 250 g/mol. The molecule has 0 aliphatic heterocycles. The molecule has 0 bridgehead atoms. The Morgan fingerprint density at radius 2 is 1.94 bits per heavy atom. The second kappa shape index (κ2) is 5.63. The molecule has 0 saturated carbocycles. The summed E-state index contributed by atoms with van der Waals surface area (Å²) in [7, 11) is -3.28. The van der Waals surface area contributed by atoms with E-state index in [0.29, 0.717) is 0 Å². The van der Waals surface area contributed by atoms with Gasteiger partial charge in [-0.3, -0.25) is 4.79 Å². The summed E-state index contributed by atoms with van der Waals surface area (Å²) >= 11 is 0. The van der Waals surface area contributed by atoms with E-state index in [1.165, 1.54) is 6.92 Å². The van der Waals surface area contributed by atoms with E-state index in [4.69, 9.17) is 5.73 Å². The third kappa shape index (κ3) is 4.49. The molecule has 5 nitrogen and oxygen atoms in total. The molecule has 3 N–H and O–H groups in total. The van der Waals surface area contributed by atoms with Gasteiger partial charge in [-0.15, -0.1) is 0 Å². The third-order valence-corrected chi connectivity index (χ3v) is 4.50. The maximum Gasteiger partial charge on any atom is 0.235 e. The van der Waals surface area contributed by atoms with Crippen LogP contribution in [0.2, 0.25) is 0 Å². The van der Waals surface area contributed by atoms with Crippen molar-refractivity contribution in [2.75, 3.05) is 18.1 Å². The SMILES string of the molecule is CCS(=O)(=O)CC(=O)NC(C)(CN)C(C)C. The maximum absolute atomic E-state index is 11.6. The lowest BCUT2D eigenvalue weighted by Crippen LogP contribution is -2.56. The van der Waals surface area contributed by atoms with E-state index in [1.807, 2.05) is 20.8 Å². The monoisotopic (exact) mass is 250 g/mol. The van der Waals surface area contributed by atoms with Crippen LogP contribution in [0.25, 0.3) is 0 Å². The zero-order chi connectivity index (χ0) is 13.0. The second-order valence-corrected chi connectivity index (χ2v) is 6.85. The molecular weight excluding hydrogens is 228 g/mol. The minimum atomic E-state index is -3.28. The Kier molecular flexibility index (Phi) is 5.41. The molecule has 0 saturated heterocycles. The first kappa shape index (κ1) is 15.4. The molecule has 0 fully saturated rings. The number of hydrogen-bond donors (Lipinski definition) is 2. The van der Waals surface area contributed by atoms with Crippen molar-refractivity contribution in [1.29, 1.82) is 0 Å². The summed E-state index contributed by atoms with van der Waals surface area (Å²) in [5, 5.41) is 2.69. The van der Waals surface area contributed by atoms with Crippen LogP contribution >= 0.6 is 0 Å². The zero-order valence-corrected chi connectivity index (χ0v) is 11.2. The van der Waals surface area contributed by atoms with Gasteiger partial charge in [0.1, 0.15) is 5.75 Å². The van der Waals surface area contributed by atoms with Crippen LogP contribution in [-0.2, 0) is 14.6 Å². The van der Waals surface area contributed by atoms with Crippen molar-refractivity contribution in [2.45, 2.75) is 33.2 Å². The summed E-state index contributed by atoms with van der Waals surface area (Å²) in [6.07, 6.45) is 0. The van der Waals surface area contributed by atoms with E-state index in [0.717, 1.165) is 0 Å². The Morgan fingerprint density at radius 1 is 1.44 bits per heavy atom. The van der Waals surface area contributed by atoms with E-state index in [-0.39, 0.29) is 18.2 Å². The Balaban J connectivity index is 4.57. The van der Waals surface area contributed by atoms with Gasteiger partial charge in [0, 0.05) is 12.3 Å². The second-order valence-electron chi connectivity index (χ2n) is 4.50. The first-order valence-electron chi connectivity index (χ1n) is 5.38. The Labute approximate surface area is 97.7 Å². The summed E-state index contributed by atoms with van der Waals surface area (Å²) in [6.45, 7) is 7.48. The molecule has 0 aliphatic carbocycles. The smallest absolute Gasteiger partial charge is 0.235 e. The predicted molar refractivity (Wildman–Crippen MR) is 64.8 cm³/mol. The van der Waals surface area contributed by atoms with E-state index >= 15 is 0 Å². The number of sulfone groups is 1. The van der Waals surface area contributed by atoms with Gasteiger partial charge in [0.25, 0.3) is 0 Å². The van der Waals surface area contributed by atoms with Crippen LogP contribution in [0.4, 0.5) is 0 Å². The van der Waals surface area contributed by atoms with E-state index in [1.54, 1.807) is 0 Å². The molecular formula is C10H22N2O3S. The third-order valence-electron chi connectivity index (χ3n) is 2.91. The molecule has 0 heterocycles. The number of hydrogen-bond acceptors (Lipinski definition) is 4. The van der Waals surface area contributed by atoms with Crippen LogP contribution in [-0.4, -0.2) is 37.9 Å². The van der Waals surface area contributed by atoms with Gasteiger partial charge in [-0.2, -0.15) is 0 Å². The zero-order valence-electron chi connectivity index (χ0n) is 10.4. The van der Waals surface area contributed by atoms with Crippen LogP contribution in [0.5, 0.6) is 0 Å². The molecule has 1 unspecified atom stereocenters. The van der Waals surface area contributed by atoms with E-state index < -0.39 is 27.0 Å². The number of carbonyl (C=O) groups is 1. The fourth-order valence-electron chi connectivity index (χ4n) is 1.09. The van der Waals surface area contributed by atoms with Crippen molar-refractivity contribution < 1.29 is 13.2 Å². The lowest BCUT2D eigenvalue weighted by Gasteiger charge is -2.33. The molecule has 96 valence electrons. The Bertz CT molecular complexity index is 338. The van der Waals surface area contributed by atoms with E-state index in [9.17, 15) is 13.2 Å². The molecule has 1 amide bonds. The molecule has 0 aromatic heterocycles. The van der Waals surface area contributed by atoms with Crippen LogP contribution in [0.15, 0.2) is 0 Å². The summed E-state index contributed by atoms with van der Waals surface area (Å²) < 4.78 is 22.5. The fraction of sp³-hybridized carbons (Fsp3) is 0.900. The Hall–Kier alpha value is -0.620. The highest BCUT2D eigenvalue weighted by molar-refractivity contribution is 7.92. The molecule has 6 heteroatoms. The van der Waals surface area contributed by atoms with Crippen molar-refractivity contribution in [2.24, 2.45) is 11.7 Å². The van der Waals surface area contributed by atoms with Crippen LogP contribution in [0.3, 0.4) is 0 Å². The quantitative estimate of drug-likeness (QED) is 0.689. The minimum absolute atomic E-state index is 0.0264. The normalized spacial score (nSPS) is 15.9. The largest absolute Gasteiger partial charge is 0.349 e. The van der Waals surface area contributed by atoms with Crippen molar-refractivity contribution in [3.8, 4) is 0 Å². The van der Waals surface area contributed by atoms with E-state index in [2.05, 4.69) is 5.32 Å². The van der Waals surface area contributed by atoms with Gasteiger partial charge in [-0.1, -0.05) is 20.8 Å². The van der Waals surface area contributed by atoms with Gasteiger partial charge in [0.05, 0.1) is 5.54 Å². The minimum Gasteiger partial charge on any atom is -0.349 e. The van der Waals surface area contributed by atoms with Crippen molar-refractivity contribution >= 4 is 15.7 Å². The standard InChI is InChI=1S/C10H22N2O3S/c1-5-16(14,15)6-9(13)12-10(4,7-11)8(2)3/h8H,5-7,11H2,1-4H3,(H,12,13). The van der Waals surface area contributed by atoms with Gasteiger partial charge >= 0.3 is 0 Å². The molecule has 0 aliphatic rings. The van der Waals surface area contributed by atoms with Crippen molar-refractivity contribution in [3.05, 3.63) is 0 Å². The molecule has 0 rings (SSSR count). The number of nitrogens with two attached hydrogens (primary N) is 1. The Morgan fingerprint density at radius 3 is 2.25 bits per heavy atom. The predicted octanol–water partition coefficient (Wildman–Crippen LogP) is -0.0893. The number of carbonyl (C=O) groups excluding carboxylic acids is 1. The summed E-state index contributed by atoms with van der Waals surface area (Å²) in [4.78, 5) is 11.6. The van der Waals surface area contributed by atoms with Crippen LogP contribution < -0.4 is 11.1 Å².